The molecule has 5 heteroatoms. The molecule has 1 aromatic rings. The van der Waals surface area contributed by atoms with E-state index < -0.39 is 0 Å². The molecule has 18 heavy (non-hydrogen) atoms. The Morgan fingerprint density at radius 3 is 3.00 bits per heavy atom. The average Bonchev–Trinajstić information content (AvgIpc) is 2.72. The SMILES string of the molecule is CCOC(=O)[C@@H]1CC(=O)N(c2cccc(Br)c2)C1. The number of nitrogens with zero attached hydrogens (tertiary/aromatic N) is 1. The summed E-state index contributed by atoms with van der Waals surface area (Å²) in [5.41, 5.74) is 0.807. The highest BCUT2D eigenvalue weighted by molar-refractivity contribution is 9.10. The van der Waals surface area contributed by atoms with E-state index in [1.807, 2.05) is 24.3 Å². The van der Waals surface area contributed by atoms with Crippen molar-refractivity contribution >= 4 is 33.5 Å². The van der Waals surface area contributed by atoms with Gasteiger partial charge in [-0.15, -0.1) is 0 Å². The topological polar surface area (TPSA) is 46.6 Å². The van der Waals surface area contributed by atoms with Crippen LogP contribution in [0.4, 0.5) is 5.69 Å². The van der Waals surface area contributed by atoms with E-state index in [2.05, 4.69) is 15.9 Å². The molecule has 4 nitrogen and oxygen atoms in total. The Morgan fingerprint density at radius 1 is 1.56 bits per heavy atom. The zero-order valence-electron chi connectivity index (χ0n) is 10.1. The molecule has 1 fully saturated rings. The van der Waals surface area contributed by atoms with Gasteiger partial charge in [-0.25, -0.2) is 0 Å². The highest BCUT2D eigenvalue weighted by atomic mass is 79.9. The molecule has 1 aliphatic rings. The van der Waals surface area contributed by atoms with Crippen LogP contribution in [0.25, 0.3) is 0 Å². The summed E-state index contributed by atoms with van der Waals surface area (Å²) in [6.07, 6.45) is 0.228. The van der Waals surface area contributed by atoms with Crippen LogP contribution in [0.2, 0.25) is 0 Å². The number of benzene rings is 1. The zero-order chi connectivity index (χ0) is 13.1. The van der Waals surface area contributed by atoms with Gasteiger partial charge < -0.3 is 9.64 Å². The Balaban J connectivity index is 2.12. The van der Waals surface area contributed by atoms with Crippen molar-refractivity contribution in [2.75, 3.05) is 18.1 Å². The summed E-state index contributed by atoms with van der Waals surface area (Å²) in [7, 11) is 0. The molecule has 0 unspecified atom stereocenters. The van der Waals surface area contributed by atoms with E-state index in [4.69, 9.17) is 4.74 Å². The van der Waals surface area contributed by atoms with Crippen LogP contribution in [0.15, 0.2) is 28.7 Å². The molecule has 0 aliphatic carbocycles. The van der Waals surface area contributed by atoms with Crippen molar-refractivity contribution < 1.29 is 14.3 Å². The summed E-state index contributed by atoms with van der Waals surface area (Å²) in [6.45, 7) is 2.51. The molecule has 2 rings (SSSR count). The van der Waals surface area contributed by atoms with Crippen LogP contribution in [-0.2, 0) is 14.3 Å². The number of amides is 1. The van der Waals surface area contributed by atoms with Gasteiger partial charge in [0.2, 0.25) is 5.91 Å². The molecule has 0 bridgehead atoms. The summed E-state index contributed by atoms with van der Waals surface area (Å²) >= 11 is 3.37. The van der Waals surface area contributed by atoms with Crippen molar-refractivity contribution in [1.29, 1.82) is 0 Å². The van der Waals surface area contributed by atoms with Crippen LogP contribution in [0.1, 0.15) is 13.3 Å². The lowest BCUT2D eigenvalue weighted by Gasteiger charge is -2.16. The molecule has 0 radical (unpaired) electrons. The molecule has 96 valence electrons. The fraction of sp³-hybridized carbons (Fsp3) is 0.385. The molecule has 1 saturated heterocycles. The zero-order valence-corrected chi connectivity index (χ0v) is 11.6. The first kappa shape index (κ1) is 13.1. The third-order valence-corrected chi connectivity index (χ3v) is 3.36. The Morgan fingerprint density at radius 2 is 2.33 bits per heavy atom. The van der Waals surface area contributed by atoms with Gasteiger partial charge in [0.1, 0.15) is 0 Å². The molecule has 0 N–H and O–H groups in total. The third kappa shape index (κ3) is 2.72. The predicted octanol–water partition coefficient (Wildman–Crippen LogP) is 2.37. The lowest BCUT2D eigenvalue weighted by atomic mass is 10.1. The van der Waals surface area contributed by atoms with Gasteiger partial charge >= 0.3 is 5.97 Å². The van der Waals surface area contributed by atoms with E-state index in [0.717, 1.165) is 10.2 Å². The molecule has 0 saturated carbocycles. The van der Waals surface area contributed by atoms with E-state index in [1.54, 1.807) is 11.8 Å². The summed E-state index contributed by atoms with van der Waals surface area (Å²) in [6, 6.07) is 7.49. The maximum absolute atomic E-state index is 11.9. The third-order valence-electron chi connectivity index (χ3n) is 2.86. The number of rotatable bonds is 3. The van der Waals surface area contributed by atoms with Gasteiger partial charge in [0.05, 0.1) is 12.5 Å². The molecule has 0 aromatic heterocycles. The van der Waals surface area contributed by atoms with Crippen molar-refractivity contribution in [3.63, 3.8) is 0 Å². The number of halogens is 1. The van der Waals surface area contributed by atoms with E-state index in [1.165, 1.54) is 0 Å². The van der Waals surface area contributed by atoms with Gasteiger partial charge in [-0.2, -0.15) is 0 Å². The lowest BCUT2D eigenvalue weighted by Crippen LogP contribution is -2.26. The van der Waals surface area contributed by atoms with Gasteiger partial charge in [0.25, 0.3) is 0 Å². The number of hydrogen-bond donors (Lipinski definition) is 0. The van der Waals surface area contributed by atoms with Crippen molar-refractivity contribution in [3.05, 3.63) is 28.7 Å². The monoisotopic (exact) mass is 311 g/mol. The first-order chi connectivity index (χ1) is 8.61. The number of esters is 1. The number of hydrogen-bond acceptors (Lipinski definition) is 3. The van der Waals surface area contributed by atoms with Crippen LogP contribution in [0, 0.1) is 5.92 Å². The molecule has 1 aliphatic heterocycles. The Labute approximate surface area is 114 Å². The minimum Gasteiger partial charge on any atom is -0.466 e. The van der Waals surface area contributed by atoms with Crippen LogP contribution in [-0.4, -0.2) is 25.0 Å². The number of carbonyl (C=O) groups excluding carboxylic acids is 2. The number of anilines is 1. The van der Waals surface area contributed by atoms with Crippen molar-refractivity contribution in [1.82, 2.24) is 0 Å². The van der Waals surface area contributed by atoms with E-state index in [9.17, 15) is 9.59 Å². The summed E-state index contributed by atoms with van der Waals surface area (Å²) in [4.78, 5) is 25.2. The van der Waals surface area contributed by atoms with Crippen molar-refractivity contribution in [2.24, 2.45) is 5.92 Å². The summed E-state index contributed by atoms with van der Waals surface area (Å²) in [5, 5.41) is 0. The smallest absolute Gasteiger partial charge is 0.311 e. The molecule has 0 spiro atoms. The van der Waals surface area contributed by atoms with Crippen LogP contribution in [0.3, 0.4) is 0 Å². The van der Waals surface area contributed by atoms with Crippen LogP contribution in [0.5, 0.6) is 0 Å². The number of ether oxygens (including phenoxy) is 1. The molecule has 1 aromatic carbocycles. The Kier molecular flexibility index (Phi) is 4.01. The first-order valence-corrected chi connectivity index (χ1v) is 6.63. The maximum Gasteiger partial charge on any atom is 0.311 e. The normalized spacial score (nSPS) is 19.1. The predicted molar refractivity (Wildman–Crippen MR) is 71.2 cm³/mol. The first-order valence-electron chi connectivity index (χ1n) is 5.84. The highest BCUT2D eigenvalue weighted by Crippen LogP contribution is 2.27. The van der Waals surface area contributed by atoms with Gasteiger partial charge in [0.15, 0.2) is 0 Å². The summed E-state index contributed by atoms with van der Waals surface area (Å²) in [5.74, 6) is -0.675. The fourth-order valence-electron chi connectivity index (χ4n) is 2.02. The lowest BCUT2D eigenvalue weighted by molar-refractivity contribution is -0.147. The molecule has 1 heterocycles. The van der Waals surface area contributed by atoms with Crippen LogP contribution >= 0.6 is 15.9 Å². The Hall–Kier alpha value is -1.36. The summed E-state index contributed by atoms with van der Waals surface area (Å²) < 4.78 is 5.86. The second-order valence-corrected chi connectivity index (χ2v) is 5.05. The fourth-order valence-corrected chi connectivity index (χ4v) is 2.41. The molecule has 1 atom stereocenters. The largest absolute Gasteiger partial charge is 0.466 e. The average molecular weight is 312 g/mol. The van der Waals surface area contributed by atoms with Crippen LogP contribution < -0.4 is 4.90 Å². The standard InChI is InChI=1S/C13H14BrNO3/c1-2-18-13(17)9-6-12(16)15(8-9)11-5-3-4-10(14)7-11/h3-5,7,9H,2,6,8H2,1H3/t9-/m1/s1. The van der Waals surface area contributed by atoms with Gasteiger partial charge in [-0.3, -0.25) is 9.59 Å². The quantitative estimate of drug-likeness (QED) is 0.805. The molecular formula is C13H14BrNO3. The van der Waals surface area contributed by atoms with Crippen molar-refractivity contribution in [2.45, 2.75) is 13.3 Å². The van der Waals surface area contributed by atoms with Gasteiger partial charge in [0, 0.05) is 23.1 Å². The number of carbonyl (C=O) groups is 2. The van der Waals surface area contributed by atoms with Crippen molar-refractivity contribution in [3.8, 4) is 0 Å². The van der Waals surface area contributed by atoms with Gasteiger partial charge in [-0.05, 0) is 25.1 Å². The maximum atomic E-state index is 11.9. The molecular weight excluding hydrogens is 298 g/mol. The highest BCUT2D eigenvalue weighted by Gasteiger charge is 2.35. The molecule has 1 amide bonds. The minimum absolute atomic E-state index is 0.0360. The second-order valence-electron chi connectivity index (χ2n) is 4.14. The van der Waals surface area contributed by atoms with E-state index in [0.29, 0.717) is 13.2 Å². The van der Waals surface area contributed by atoms with Gasteiger partial charge in [-0.1, -0.05) is 22.0 Å². The minimum atomic E-state index is -0.351. The van der Waals surface area contributed by atoms with E-state index in [-0.39, 0.29) is 24.2 Å². The Bertz CT molecular complexity index is 475. The van der Waals surface area contributed by atoms with E-state index >= 15 is 0 Å². The second kappa shape index (κ2) is 5.52.